The molecule has 0 aliphatic carbocycles. The second kappa shape index (κ2) is 8.51. The second-order valence-corrected chi connectivity index (χ2v) is 8.14. The first kappa shape index (κ1) is 19.8. The van der Waals surface area contributed by atoms with Crippen LogP contribution in [0.1, 0.15) is 27.7 Å². The number of hydrogen-bond donors (Lipinski definition) is 2. The molecule has 3 N–H and O–H groups in total. The Morgan fingerprint density at radius 3 is 2.87 bits per heavy atom. The molecule has 3 heterocycles. The minimum absolute atomic E-state index is 0.0585. The van der Waals surface area contributed by atoms with Crippen molar-refractivity contribution in [2.24, 2.45) is 0 Å². The number of nitrogens with one attached hydrogen (secondary N) is 1. The quantitative estimate of drug-likeness (QED) is 0.469. The number of ether oxygens (including phenoxy) is 1. The molecule has 1 aliphatic heterocycles. The lowest BCUT2D eigenvalue weighted by Crippen LogP contribution is -2.33. The zero-order chi connectivity index (χ0) is 21.1. The fourth-order valence-corrected chi connectivity index (χ4v) is 4.20. The van der Waals surface area contributed by atoms with Gasteiger partial charge in [-0.3, -0.25) is 9.59 Å². The number of nitrogen functional groups attached to an aromatic ring is 1. The number of anilines is 1. The molecule has 7 heteroatoms. The summed E-state index contributed by atoms with van der Waals surface area (Å²) in [4.78, 5) is 29.5. The molecular weight excluding hydrogens is 398 g/mol. The molecule has 1 aliphatic rings. The number of carbonyl (C=O) groups is 2. The number of amides is 1. The molecule has 0 spiro atoms. The largest absolute Gasteiger partial charge is 0.487 e. The summed E-state index contributed by atoms with van der Waals surface area (Å²) >= 11 is 1.46. The van der Waals surface area contributed by atoms with Gasteiger partial charge < -0.3 is 15.8 Å². The minimum Gasteiger partial charge on any atom is -0.487 e. The number of Topliss-reactive ketones (excluding diaryl/α,β-unsaturated/α-hetero) is 1. The van der Waals surface area contributed by atoms with Gasteiger partial charge in [0.2, 0.25) is 5.91 Å². The summed E-state index contributed by atoms with van der Waals surface area (Å²) in [6.45, 7) is 1.97. The van der Waals surface area contributed by atoms with Crippen molar-refractivity contribution in [2.75, 3.05) is 12.3 Å². The Morgan fingerprint density at radius 2 is 2.13 bits per heavy atom. The van der Waals surface area contributed by atoms with Gasteiger partial charge in [-0.1, -0.05) is 12.1 Å². The maximum atomic E-state index is 12.1. The van der Waals surface area contributed by atoms with E-state index in [0.29, 0.717) is 12.4 Å². The lowest BCUT2D eigenvalue weighted by molar-refractivity contribution is -0.116. The maximum Gasteiger partial charge on any atom is 0.244 e. The first-order valence-electron chi connectivity index (χ1n) is 9.57. The predicted molar refractivity (Wildman–Crippen MR) is 119 cm³/mol. The fourth-order valence-electron chi connectivity index (χ4n) is 3.28. The molecule has 2 aromatic heterocycles. The van der Waals surface area contributed by atoms with Crippen LogP contribution < -0.4 is 15.8 Å². The number of hydrogen-bond acceptors (Lipinski definition) is 6. The third kappa shape index (κ3) is 4.41. The number of rotatable bonds is 6. The number of nitrogens with two attached hydrogens (primary N) is 1. The number of pyridine rings is 1. The average molecular weight is 420 g/mol. The smallest absolute Gasteiger partial charge is 0.244 e. The van der Waals surface area contributed by atoms with E-state index in [2.05, 4.69) is 10.3 Å². The van der Waals surface area contributed by atoms with Crippen LogP contribution in [-0.4, -0.2) is 29.3 Å². The average Bonchev–Trinajstić information content (AvgIpc) is 3.38. The van der Waals surface area contributed by atoms with Gasteiger partial charge in [0, 0.05) is 29.1 Å². The van der Waals surface area contributed by atoms with Gasteiger partial charge in [0.05, 0.1) is 11.4 Å². The lowest BCUT2D eigenvalue weighted by Gasteiger charge is -2.12. The van der Waals surface area contributed by atoms with Gasteiger partial charge >= 0.3 is 0 Å². The number of carbonyl (C=O) groups excluding carboxylic acids is 2. The van der Waals surface area contributed by atoms with E-state index in [9.17, 15) is 9.59 Å². The first-order valence-corrected chi connectivity index (χ1v) is 10.4. The van der Waals surface area contributed by atoms with Crippen molar-refractivity contribution >= 4 is 34.9 Å². The second-order valence-electron chi connectivity index (χ2n) is 7.05. The molecule has 3 aromatic rings. The number of ketones is 1. The first-order chi connectivity index (χ1) is 14.5. The van der Waals surface area contributed by atoms with Crippen LogP contribution >= 0.6 is 11.3 Å². The highest BCUT2D eigenvalue weighted by Crippen LogP contribution is 2.41. The Bertz CT molecular complexity index is 1120. The molecule has 152 valence electrons. The number of nitrogens with zero attached hydrogens (tertiary/aromatic N) is 1. The highest BCUT2D eigenvalue weighted by atomic mass is 32.1. The molecule has 0 radical (unpaired) electrons. The summed E-state index contributed by atoms with van der Waals surface area (Å²) in [5, 5.41) is 2.88. The van der Waals surface area contributed by atoms with E-state index in [1.165, 1.54) is 17.4 Å². The van der Waals surface area contributed by atoms with Crippen LogP contribution in [0.25, 0.3) is 16.5 Å². The van der Waals surface area contributed by atoms with Crippen molar-refractivity contribution in [1.29, 1.82) is 0 Å². The summed E-state index contributed by atoms with van der Waals surface area (Å²) in [7, 11) is 0. The van der Waals surface area contributed by atoms with Crippen LogP contribution in [-0.2, 0) is 11.2 Å². The number of thiophene rings is 1. The van der Waals surface area contributed by atoms with E-state index < -0.39 is 0 Å². The van der Waals surface area contributed by atoms with E-state index >= 15 is 0 Å². The number of benzene rings is 1. The minimum atomic E-state index is -0.198. The Labute approximate surface area is 178 Å². The standard InChI is InChI=1S/C23H21N3O3S/c1-14(27)19-7-8-20(30-19)18-4-2-3-16-11-17(29-23(16)18)13-26-22(28)10-6-15-5-9-21(24)25-12-15/h2-10,12,17H,11,13H2,1H3,(H2,24,25)(H,26,28)/b10-6+. The monoisotopic (exact) mass is 419 g/mol. The lowest BCUT2D eigenvalue weighted by atomic mass is 10.1. The van der Waals surface area contributed by atoms with Crippen LogP contribution in [0.4, 0.5) is 5.82 Å². The predicted octanol–water partition coefficient (Wildman–Crippen LogP) is 3.73. The summed E-state index contributed by atoms with van der Waals surface area (Å²) in [6.07, 6.45) is 5.35. The Morgan fingerprint density at radius 1 is 1.27 bits per heavy atom. The molecule has 1 unspecified atom stereocenters. The van der Waals surface area contributed by atoms with Gasteiger partial charge in [0.25, 0.3) is 0 Å². The van der Waals surface area contributed by atoms with Crippen molar-refractivity contribution in [2.45, 2.75) is 19.4 Å². The molecule has 0 bridgehead atoms. The molecule has 0 saturated heterocycles. The fraction of sp³-hybridized carbons (Fsp3) is 0.174. The van der Waals surface area contributed by atoms with Gasteiger partial charge in [-0.15, -0.1) is 11.3 Å². The molecule has 1 amide bonds. The van der Waals surface area contributed by atoms with E-state index in [0.717, 1.165) is 38.6 Å². The van der Waals surface area contributed by atoms with Crippen molar-refractivity contribution in [1.82, 2.24) is 10.3 Å². The third-order valence-corrected chi connectivity index (χ3v) is 6.01. The van der Waals surface area contributed by atoms with Crippen LogP contribution in [0.3, 0.4) is 0 Å². The molecule has 1 aromatic carbocycles. The molecule has 30 heavy (non-hydrogen) atoms. The van der Waals surface area contributed by atoms with Gasteiger partial charge in [-0.2, -0.15) is 0 Å². The summed E-state index contributed by atoms with van der Waals surface area (Å²) in [5.41, 5.74) is 8.44. The van der Waals surface area contributed by atoms with Crippen molar-refractivity contribution < 1.29 is 14.3 Å². The van der Waals surface area contributed by atoms with E-state index in [-0.39, 0.29) is 17.8 Å². The summed E-state index contributed by atoms with van der Waals surface area (Å²) < 4.78 is 6.15. The van der Waals surface area contributed by atoms with Crippen LogP contribution in [0.5, 0.6) is 5.75 Å². The molecule has 6 nitrogen and oxygen atoms in total. The molecule has 1 atom stereocenters. The number of fused-ring (bicyclic) bond motifs is 1. The molecule has 0 saturated carbocycles. The zero-order valence-electron chi connectivity index (χ0n) is 16.4. The van der Waals surface area contributed by atoms with E-state index in [1.54, 1.807) is 31.3 Å². The van der Waals surface area contributed by atoms with Gasteiger partial charge in [-0.05, 0) is 54.5 Å². The topological polar surface area (TPSA) is 94.3 Å². The van der Waals surface area contributed by atoms with Crippen LogP contribution in [0, 0.1) is 0 Å². The molecular formula is C23H21N3O3S. The Kier molecular flexibility index (Phi) is 5.63. The van der Waals surface area contributed by atoms with Gasteiger partial charge in [0.15, 0.2) is 5.78 Å². The van der Waals surface area contributed by atoms with Crippen molar-refractivity contribution in [3.63, 3.8) is 0 Å². The SMILES string of the molecule is CC(=O)c1ccc(-c2cccc3c2OC(CNC(=O)/C=C/c2ccc(N)nc2)C3)s1. The van der Waals surface area contributed by atoms with Gasteiger partial charge in [0.1, 0.15) is 17.7 Å². The van der Waals surface area contributed by atoms with Crippen molar-refractivity contribution in [3.05, 3.63) is 70.7 Å². The highest BCUT2D eigenvalue weighted by Gasteiger charge is 2.26. The maximum absolute atomic E-state index is 12.1. The molecule has 0 fully saturated rings. The third-order valence-electron chi connectivity index (χ3n) is 4.79. The number of para-hydroxylation sites is 1. The van der Waals surface area contributed by atoms with Crippen LogP contribution in [0.15, 0.2) is 54.7 Å². The molecule has 4 rings (SSSR count). The van der Waals surface area contributed by atoms with E-state index in [4.69, 9.17) is 10.5 Å². The Hall–Kier alpha value is -3.45. The van der Waals surface area contributed by atoms with Gasteiger partial charge in [-0.25, -0.2) is 4.98 Å². The summed E-state index contributed by atoms with van der Waals surface area (Å²) in [5.74, 6) is 1.13. The normalized spacial score (nSPS) is 15.0. The Balaban J connectivity index is 1.38. The van der Waals surface area contributed by atoms with E-state index in [1.807, 2.05) is 30.3 Å². The summed E-state index contributed by atoms with van der Waals surface area (Å²) in [6, 6.07) is 13.3. The highest BCUT2D eigenvalue weighted by molar-refractivity contribution is 7.17. The zero-order valence-corrected chi connectivity index (χ0v) is 17.2. The van der Waals surface area contributed by atoms with Crippen LogP contribution in [0.2, 0.25) is 0 Å². The number of aromatic nitrogens is 1. The van der Waals surface area contributed by atoms with Crippen molar-refractivity contribution in [3.8, 4) is 16.2 Å².